The van der Waals surface area contributed by atoms with Gasteiger partial charge in [0.05, 0.1) is 0 Å². The van der Waals surface area contributed by atoms with E-state index in [9.17, 15) is 14.4 Å². The first kappa shape index (κ1) is 17.0. The number of hydrogen-bond donors (Lipinski definition) is 3. The van der Waals surface area contributed by atoms with Crippen molar-refractivity contribution >= 4 is 29.9 Å². The molecular formula is C14H17ClN4O4. The quantitative estimate of drug-likeness (QED) is 0.765. The molecule has 8 nitrogen and oxygen atoms in total. The number of aromatic nitrogens is 3. The number of hydrogen-bond acceptors (Lipinski definition) is 4. The molecular weight excluding hydrogens is 324 g/mol. The maximum atomic E-state index is 12.3. The van der Waals surface area contributed by atoms with Gasteiger partial charge in [-0.25, -0.2) is 9.50 Å². The third-order valence-electron chi connectivity index (χ3n) is 3.99. The predicted octanol–water partition coefficient (Wildman–Crippen LogP) is 0.916. The van der Waals surface area contributed by atoms with Gasteiger partial charge in [-0.05, 0) is 12.8 Å². The molecule has 0 saturated heterocycles. The second-order valence-electron chi connectivity index (χ2n) is 5.41. The van der Waals surface area contributed by atoms with E-state index in [4.69, 9.17) is 5.11 Å². The molecule has 1 aliphatic carbocycles. The van der Waals surface area contributed by atoms with Crippen LogP contribution in [0.4, 0.5) is 0 Å². The molecule has 0 radical (unpaired) electrons. The Morgan fingerprint density at radius 2 is 2.09 bits per heavy atom. The normalized spacial score (nSPS) is 14.6. The lowest BCUT2D eigenvalue weighted by molar-refractivity contribution is -0.135. The van der Waals surface area contributed by atoms with Crippen LogP contribution in [0.15, 0.2) is 17.2 Å². The molecule has 23 heavy (non-hydrogen) atoms. The average Bonchev–Trinajstić information content (AvgIpc) is 3.14. The van der Waals surface area contributed by atoms with Crippen LogP contribution in [0, 0.1) is 0 Å². The predicted molar refractivity (Wildman–Crippen MR) is 84.2 cm³/mol. The highest BCUT2D eigenvalue weighted by molar-refractivity contribution is 6.00. The van der Waals surface area contributed by atoms with Gasteiger partial charge in [-0.2, -0.15) is 0 Å². The summed E-state index contributed by atoms with van der Waals surface area (Å²) in [6.45, 7) is -0.542. The maximum Gasteiger partial charge on any atom is 0.322 e. The minimum absolute atomic E-state index is 0. The molecule has 9 heteroatoms. The van der Waals surface area contributed by atoms with E-state index in [1.807, 2.05) is 0 Å². The molecule has 1 fully saturated rings. The van der Waals surface area contributed by atoms with Crippen LogP contribution >= 0.6 is 12.4 Å². The molecule has 2 aromatic heterocycles. The average molecular weight is 341 g/mol. The van der Waals surface area contributed by atoms with Gasteiger partial charge in [0.2, 0.25) is 0 Å². The summed E-state index contributed by atoms with van der Waals surface area (Å²) in [6, 6.07) is 1.46. The number of aromatic amines is 1. The molecule has 0 unspecified atom stereocenters. The second-order valence-corrected chi connectivity index (χ2v) is 5.41. The van der Waals surface area contributed by atoms with Crippen LogP contribution in [0.5, 0.6) is 0 Å². The first-order valence-corrected chi connectivity index (χ1v) is 7.17. The largest absolute Gasteiger partial charge is 0.480 e. The molecule has 0 aliphatic heterocycles. The van der Waals surface area contributed by atoms with E-state index < -0.39 is 23.9 Å². The van der Waals surface area contributed by atoms with E-state index in [2.05, 4.69) is 15.4 Å². The second kappa shape index (κ2) is 6.82. The smallest absolute Gasteiger partial charge is 0.322 e. The van der Waals surface area contributed by atoms with E-state index >= 15 is 0 Å². The number of carboxylic acids is 1. The first-order chi connectivity index (χ1) is 10.6. The number of nitrogens with zero attached hydrogens (tertiary/aromatic N) is 2. The molecule has 2 aromatic rings. The third kappa shape index (κ3) is 3.21. The third-order valence-corrected chi connectivity index (χ3v) is 3.99. The molecule has 1 amide bonds. The van der Waals surface area contributed by atoms with Gasteiger partial charge in [0.15, 0.2) is 11.1 Å². The summed E-state index contributed by atoms with van der Waals surface area (Å²) in [5, 5.41) is 13.7. The number of rotatable bonds is 4. The van der Waals surface area contributed by atoms with Gasteiger partial charge in [-0.1, -0.05) is 12.8 Å². The number of aliphatic carboxylic acids is 1. The standard InChI is InChI=1S/C14H16N4O4.ClH/c19-10-5-9(8-3-1-2-4-8)18-13(16-7-17-18)12(10)14(22)15-6-11(20)21;/h5,7-8H,1-4,6H2,(H,15,22)(H,16,17)(H,20,21);1H. The number of amides is 1. The van der Waals surface area contributed by atoms with E-state index in [0.29, 0.717) is 0 Å². The van der Waals surface area contributed by atoms with Crippen LogP contribution in [0.2, 0.25) is 0 Å². The van der Waals surface area contributed by atoms with Gasteiger partial charge in [0, 0.05) is 17.7 Å². The van der Waals surface area contributed by atoms with Crippen molar-refractivity contribution in [2.75, 3.05) is 6.54 Å². The van der Waals surface area contributed by atoms with Crippen molar-refractivity contribution in [3.63, 3.8) is 0 Å². The van der Waals surface area contributed by atoms with Crippen molar-refractivity contribution in [2.45, 2.75) is 31.6 Å². The minimum atomic E-state index is -1.17. The summed E-state index contributed by atoms with van der Waals surface area (Å²) in [7, 11) is 0. The Hall–Kier alpha value is -2.35. The molecule has 3 rings (SSSR count). The molecule has 0 aromatic carbocycles. The molecule has 124 valence electrons. The van der Waals surface area contributed by atoms with E-state index in [-0.39, 0.29) is 29.5 Å². The Labute approximate surface area is 137 Å². The Morgan fingerprint density at radius 1 is 1.39 bits per heavy atom. The highest BCUT2D eigenvalue weighted by Crippen LogP contribution is 2.33. The summed E-state index contributed by atoms with van der Waals surface area (Å²) < 4.78 is 1.65. The van der Waals surface area contributed by atoms with Crippen molar-refractivity contribution in [1.82, 2.24) is 19.9 Å². The van der Waals surface area contributed by atoms with Crippen LogP contribution in [-0.2, 0) is 4.79 Å². The number of carbonyl (C=O) groups is 2. The number of carbonyl (C=O) groups excluding carboxylic acids is 1. The lowest BCUT2D eigenvalue weighted by atomic mass is 10.0. The number of fused-ring (bicyclic) bond motifs is 1. The molecule has 0 atom stereocenters. The number of halogens is 1. The van der Waals surface area contributed by atoms with Gasteiger partial charge in [-0.3, -0.25) is 19.5 Å². The summed E-state index contributed by atoms with van der Waals surface area (Å²) in [4.78, 5) is 39.0. The Bertz CT molecular complexity index is 792. The summed E-state index contributed by atoms with van der Waals surface area (Å²) in [5.74, 6) is -1.62. The van der Waals surface area contributed by atoms with E-state index in [0.717, 1.165) is 31.4 Å². The van der Waals surface area contributed by atoms with Crippen LogP contribution < -0.4 is 10.7 Å². The summed E-state index contributed by atoms with van der Waals surface area (Å²) in [5.41, 5.74) is 0.489. The fourth-order valence-corrected chi connectivity index (χ4v) is 3.00. The Morgan fingerprint density at radius 3 is 2.74 bits per heavy atom. The maximum absolute atomic E-state index is 12.3. The van der Waals surface area contributed by atoms with Crippen molar-refractivity contribution in [2.24, 2.45) is 0 Å². The zero-order valence-electron chi connectivity index (χ0n) is 12.2. The van der Waals surface area contributed by atoms with Gasteiger partial charge in [0.25, 0.3) is 5.91 Å². The highest BCUT2D eigenvalue weighted by Gasteiger charge is 2.25. The van der Waals surface area contributed by atoms with Crippen LogP contribution in [0.25, 0.3) is 5.65 Å². The zero-order chi connectivity index (χ0) is 15.7. The fraction of sp³-hybridized carbons (Fsp3) is 0.429. The molecule has 0 spiro atoms. The van der Waals surface area contributed by atoms with Crippen molar-refractivity contribution in [3.8, 4) is 0 Å². The summed E-state index contributed by atoms with van der Waals surface area (Å²) >= 11 is 0. The Kier molecular flexibility index (Phi) is 5.05. The molecule has 3 N–H and O–H groups in total. The highest BCUT2D eigenvalue weighted by atomic mass is 35.5. The monoisotopic (exact) mass is 340 g/mol. The molecule has 2 heterocycles. The fourth-order valence-electron chi connectivity index (χ4n) is 3.00. The van der Waals surface area contributed by atoms with Crippen LogP contribution in [0.3, 0.4) is 0 Å². The Balaban J connectivity index is 0.00000192. The van der Waals surface area contributed by atoms with Gasteiger partial charge in [0.1, 0.15) is 18.4 Å². The number of nitrogens with one attached hydrogen (secondary N) is 2. The van der Waals surface area contributed by atoms with Gasteiger partial charge < -0.3 is 10.4 Å². The van der Waals surface area contributed by atoms with E-state index in [1.54, 1.807) is 4.52 Å². The van der Waals surface area contributed by atoms with Gasteiger partial charge in [-0.15, -0.1) is 12.4 Å². The van der Waals surface area contributed by atoms with Crippen molar-refractivity contribution < 1.29 is 14.7 Å². The number of pyridine rings is 1. The zero-order valence-corrected chi connectivity index (χ0v) is 13.1. The van der Waals surface area contributed by atoms with Crippen LogP contribution in [0.1, 0.15) is 47.7 Å². The summed E-state index contributed by atoms with van der Waals surface area (Å²) in [6.07, 6.45) is 5.67. The van der Waals surface area contributed by atoms with Crippen molar-refractivity contribution in [1.29, 1.82) is 0 Å². The number of H-pyrrole nitrogens is 1. The SMILES string of the molecule is Cl.O=C(O)CNC(=O)c1c(=O)cc(C2CCCC2)n2[nH]cnc12. The lowest BCUT2D eigenvalue weighted by Gasteiger charge is -2.13. The molecule has 1 aliphatic rings. The van der Waals surface area contributed by atoms with Crippen LogP contribution in [-0.4, -0.2) is 38.1 Å². The number of carboxylic acid groups (broad SMARTS) is 1. The molecule has 0 bridgehead atoms. The van der Waals surface area contributed by atoms with Crippen molar-refractivity contribution in [3.05, 3.63) is 33.9 Å². The topological polar surface area (TPSA) is 117 Å². The minimum Gasteiger partial charge on any atom is -0.480 e. The van der Waals surface area contributed by atoms with E-state index in [1.165, 1.54) is 12.4 Å². The van der Waals surface area contributed by atoms with Gasteiger partial charge >= 0.3 is 5.97 Å². The molecule has 1 saturated carbocycles. The lowest BCUT2D eigenvalue weighted by Crippen LogP contribution is -2.33. The first-order valence-electron chi connectivity index (χ1n) is 7.17.